The number of hydrogen-bond donors (Lipinski definition) is 0. The Labute approximate surface area is 134 Å². The van der Waals surface area contributed by atoms with E-state index < -0.39 is 5.41 Å². The van der Waals surface area contributed by atoms with Gasteiger partial charge in [0.25, 0.3) is 0 Å². The Bertz CT molecular complexity index is 660. The van der Waals surface area contributed by atoms with Gasteiger partial charge in [0.05, 0.1) is 16.8 Å². The molecule has 0 bridgehead atoms. The average Bonchev–Trinajstić information content (AvgIpc) is 2.43. The molecule has 0 aliphatic heterocycles. The molecule has 1 aliphatic carbocycles. The summed E-state index contributed by atoms with van der Waals surface area (Å²) in [6, 6.07) is 3.37. The number of hydrogen-bond acceptors (Lipinski definition) is 3. The van der Waals surface area contributed by atoms with E-state index in [0.29, 0.717) is 34.3 Å². The van der Waals surface area contributed by atoms with Crippen LogP contribution >= 0.6 is 23.2 Å². The van der Waals surface area contributed by atoms with Crippen molar-refractivity contribution in [2.45, 2.75) is 26.7 Å². The lowest BCUT2D eigenvalue weighted by atomic mass is 9.71. The summed E-state index contributed by atoms with van der Waals surface area (Å²) in [4.78, 5) is 21.1. The smallest absolute Gasteiger partial charge is 0.176 e. The minimum atomic E-state index is -0.715. The number of carbonyl (C=O) groups excluding carboxylic acids is 1. The van der Waals surface area contributed by atoms with Crippen LogP contribution in [0.4, 0.5) is 0 Å². The molecule has 1 aromatic rings. The lowest BCUT2D eigenvalue weighted by Crippen LogP contribution is -2.35. The number of nitrogens with zero attached hydrogens (tertiary/aromatic N) is 2. The molecule has 1 aromatic heterocycles. The molecule has 5 heteroatoms. The van der Waals surface area contributed by atoms with Crippen LogP contribution in [0.5, 0.6) is 0 Å². The first-order valence-corrected chi connectivity index (χ1v) is 7.35. The molecule has 0 aromatic carbocycles. The Kier molecular flexibility index (Phi) is 4.64. The van der Waals surface area contributed by atoms with E-state index in [-0.39, 0.29) is 5.78 Å². The average molecular weight is 323 g/mol. The van der Waals surface area contributed by atoms with Crippen LogP contribution in [0.2, 0.25) is 5.15 Å². The molecule has 0 saturated carbocycles. The van der Waals surface area contributed by atoms with Crippen molar-refractivity contribution < 1.29 is 4.79 Å². The molecule has 0 fully saturated rings. The molecule has 0 spiro atoms. The summed E-state index contributed by atoms with van der Waals surface area (Å²) in [5.74, 6) is -0.00723. The molecule has 1 aliphatic rings. The van der Waals surface area contributed by atoms with Crippen LogP contribution in [0.1, 0.15) is 36.3 Å². The number of aryl methyl sites for hydroxylation is 1. The summed E-state index contributed by atoms with van der Waals surface area (Å²) < 4.78 is 0. The van der Waals surface area contributed by atoms with E-state index in [0.717, 1.165) is 5.69 Å². The SMILES string of the molecule is C=N/C(=C\C=C(/C)Cl)C1(C)CCc2nc(Cl)ccc2C1=O. The molecule has 0 radical (unpaired) electrons. The van der Waals surface area contributed by atoms with Crippen molar-refractivity contribution >= 4 is 35.7 Å². The quantitative estimate of drug-likeness (QED) is 0.463. The standard InChI is InChI=1S/C16H16Cl2N2O/c1-10(17)4-6-13(19-3)16(2)9-8-12-11(15(16)21)5-7-14(18)20-12/h4-7H,3,8-9H2,1-2H3/b10-4+,13-6-. The summed E-state index contributed by atoms with van der Waals surface area (Å²) >= 11 is 11.7. The van der Waals surface area contributed by atoms with Crippen molar-refractivity contribution in [2.24, 2.45) is 10.4 Å². The highest BCUT2D eigenvalue weighted by Gasteiger charge is 2.41. The maximum Gasteiger partial charge on any atom is 0.176 e. The first-order chi connectivity index (χ1) is 9.88. The molecular formula is C16H16Cl2N2O. The van der Waals surface area contributed by atoms with Crippen LogP contribution in [0.25, 0.3) is 0 Å². The number of carbonyl (C=O) groups is 1. The zero-order valence-electron chi connectivity index (χ0n) is 12.0. The Morgan fingerprint density at radius 3 is 2.81 bits per heavy atom. The highest BCUT2D eigenvalue weighted by molar-refractivity contribution is 6.29. The second kappa shape index (κ2) is 6.12. The number of pyridine rings is 1. The van der Waals surface area contributed by atoms with Crippen molar-refractivity contribution in [1.29, 1.82) is 0 Å². The van der Waals surface area contributed by atoms with Crippen molar-refractivity contribution in [3.8, 4) is 0 Å². The fraction of sp³-hybridized carbons (Fsp3) is 0.312. The molecule has 3 nitrogen and oxygen atoms in total. The summed E-state index contributed by atoms with van der Waals surface area (Å²) in [5, 5.41) is 1.03. The molecule has 0 amide bonds. The number of Topliss-reactive ketones (excluding diaryl/α,β-unsaturated/α-hetero) is 1. The van der Waals surface area contributed by atoms with Crippen molar-refractivity contribution in [3.63, 3.8) is 0 Å². The number of fused-ring (bicyclic) bond motifs is 1. The first kappa shape index (κ1) is 15.9. The van der Waals surface area contributed by atoms with E-state index in [9.17, 15) is 4.79 Å². The molecular weight excluding hydrogens is 307 g/mol. The maximum absolute atomic E-state index is 12.8. The molecule has 0 N–H and O–H groups in total. The lowest BCUT2D eigenvalue weighted by molar-refractivity contribution is 0.0830. The minimum Gasteiger partial charge on any atom is -0.293 e. The topological polar surface area (TPSA) is 42.3 Å². The number of rotatable bonds is 3. The molecule has 21 heavy (non-hydrogen) atoms. The largest absolute Gasteiger partial charge is 0.293 e. The summed E-state index contributed by atoms with van der Waals surface area (Å²) in [6.45, 7) is 7.23. The van der Waals surface area contributed by atoms with Gasteiger partial charge in [0, 0.05) is 10.6 Å². The van der Waals surface area contributed by atoms with E-state index in [1.165, 1.54) is 0 Å². The zero-order chi connectivity index (χ0) is 15.6. The third-order valence-electron chi connectivity index (χ3n) is 3.75. The summed E-state index contributed by atoms with van der Waals surface area (Å²) in [6.07, 6.45) is 4.77. The second-order valence-electron chi connectivity index (χ2n) is 5.25. The highest BCUT2D eigenvalue weighted by atomic mass is 35.5. The fourth-order valence-electron chi connectivity index (χ4n) is 2.50. The van der Waals surface area contributed by atoms with Gasteiger partial charge in [0.2, 0.25) is 0 Å². The summed E-state index contributed by atoms with van der Waals surface area (Å²) in [5.41, 5.74) is 1.26. The predicted octanol–water partition coefficient (Wildman–Crippen LogP) is 4.60. The van der Waals surface area contributed by atoms with E-state index in [4.69, 9.17) is 23.2 Å². The van der Waals surface area contributed by atoms with Crippen LogP contribution in [0.3, 0.4) is 0 Å². The van der Waals surface area contributed by atoms with E-state index in [1.807, 2.05) is 6.92 Å². The van der Waals surface area contributed by atoms with Gasteiger partial charge in [-0.25, -0.2) is 4.98 Å². The zero-order valence-corrected chi connectivity index (χ0v) is 13.5. The van der Waals surface area contributed by atoms with Crippen LogP contribution in [0.15, 0.2) is 40.0 Å². The number of ketones is 1. The lowest BCUT2D eigenvalue weighted by Gasteiger charge is -2.33. The highest BCUT2D eigenvalue weighted by Crippen LogP contribution is 2.41. The third-order valence-corrected chi connectivity index (χ3v) is 4.09. The van der Waals surface area contributed by atoms with E-state index in [1.54, 1.807) is 31.2 Å². The third kappa shape index (κ3) is 3.09. The van der Waals surface area contributed by atoms with E-state index in [2.05, 4.69) is 16.7 Å². The number of aromatic nitrogens is 1. The first-order valence-electron chi connectivity index (χ1n) is 6.60. The molecule has 110 valence electrons. The van der Waals surface area contributed by atoms with Gasteiger partial charge in [-0.2, -0.15) is 0 Å². The predicted molar refractivity (Wildman–Crippen MR) is 87.2 cm³/mol. The van der Waals surface area contributed by atoms with Crippen molar-refractivity contribution in [2.75, 3.05) is 0 Å². The van der Waals surface area contributed by atoms with Gasteiger partial charge in [0.15, 0.2) is 5.78 Å². The Morgan fingerprint density at radius 2 is 2.19 bits per heavy atom. The second-order valence-corrected chi connectivity index (χ2v) is 6.24. The van der Waals surface area contributed by atoms with Crippen molar-refractivity contribution in [1.82, 2.24) is 4.98 Å². The molecule has 1 unspecified atom stereocenters. The van der Waals surface area contributed by atoms with Crippen molar-refractivity contribution in [3.05, 3.63) is 51.4 Å². The normalized spacial score (nSPS) is 23.0. The number of allylic oxidation sites excluding steroid dienone is 4. The van der Waals surface area contributed by atoms with Gasteiger partial charge in [-0.15, -0.1) is 0 Å². The Morgan fingerprint density at radius 1 is 1.48 bits per heavy atom. The minimum absolute atomic E-state index is 0.00723. The fourth-order valence-corrected chi connectivity index (χ4v) is 2.73. The van der Waals surface area contributed by atoms with Gasteiger partial charge < -0.3 is 0 Å². The van der Waals surface area contributed by atoms with Gasteiger partial charge in [-0.05, 0) is 57.7 Å². The molecule has 0 saturated heterocycles. The molecule has 2 rings (SSSR count). The van der Waals surface area contributed by atoms with Gasteiger partial charge >= 0.3 is 0 Å². The van der Waals surface area contributed by atoms with E-state index >= 15 is 0 Å². The Balaban J connectivity index is 2.47. The number of aliphatic imine (C=N–C) groups is 1. The van der Waals surface area contributed by atoms with Crippen LogP contribution in [-0.4, -0.2) is 17.5 Å². The summed E-state index contributed by atoms with van der Waals surface area (Å²) in [7, 11) is 0. The monoisotopic (exact) mass is 322 g/mol. The van der Waals surface area contributed by atoms with Gasteiger partial charge in [-0.3, -0.25) is 9.79 Å². The Hall–Kier alpha value is -1.45. The van der Waals surface area contributed by atoms with Gasteiger partial charge in [0.1, 0.15) is 5.15 Å². The van der Waals surface area contributed by atoms with Crippen LogP contribution in [-0.2, 0) is 6.42 Å². The molecule has 1 heterocycles. The number of halogens is 2. The van der Waals surface area contributed by atoms with Crippen LogP contribution in [0, 0.1) is 5.41 Å². The van der Waals surface area contributed by atoms with Crippen LogP contribution < -0.4 is 0 Å². The molecule has 1 atom stereocenters. The van der Waals surface area contributed by atoms with Gasteiger partial charge in [-0.1, -0.05) is 23.2 Å². The maximum atomic E-state index is 12.8.